The Balaban J connectivity index is 1.78. The van der Waals surface area contributed by atoms with E-state index in [4.69, 9.17) is 4.74 Å². The van der Waals surface area contributed by atoms with Gasteiger partial charge < -0.3 is 14.6 Å². The molecule has 0 bridgehead atoms. The fourth-order valence-electron chi connectivity index (χ4n) is 2.16. The fourth-order valence-corrected chi connectivity index (χ4v) is 2.89. The number of ether oxygens (including phenoxy) is 1. The van der Waals surface area contributed by atoms with Gasteiger partial charge in [-0.15, -0.1) is 11.3 Å². The van der Waals surface area contributed by atoms with E-state index >= 15 is 0 Å². The first-order valence-electron chi connectivity index (χ1n) is 6.67. The van der Waals surface area contributed by atoms with Crippen LogP contribution in [-0.2, 0) is 16.1 Å². The van der Waals surface area contributed by atoms with Crippen LogP contribution in [0.5, 0.6) is 0 Å². The number of nitrogens with one attached hydrogen (secondary N) is 1. The second kappa shape index (κ2) is 5.76. The van der Waals surface area contributed by atoms with Gasteiger partial charge in [-0.05, 0) is 24.3 Å². The van der Waals surface area contributed by atoms with Crippen molar-refractivity contribution in [2.45, 2.75) is 31.5 Å². The molecule has 1 unspecified atom stereocenters. The average molecular weight is 291 g/mol. The van der Waals surface area contributed by atoms with Crippen molar-refractivity contribution in [1.29, 1.82) is 0 Å². The van der Waals surface area contributed by atoms with Crippen LogP contribution in [0.2, 0.25) is 0 Å². The summed E-state index contributed by atoms with van der Waals surface area (Å²) in [7, 11) is 1.43. The summed E-state index contributed by atoms with van der Waals surface area (Å²) < 4.78 is 6.89. The van der Waals surface area contributed by atoms with Crippen molar-refractivity contribution in [3.05, 3.63) is 29.9 Å². The number of imidazole rings is 1. The normalized spacial score (nSPS) is 16.1. The van der Waals surface area contributed by atoms with Gasteiger partial charge in [-0.2, -0.15) is 0 Å². The van der Waals surface area contributed by atoms with Gasteiger partial charge in [0.15, 0.2) is 0 Å². The third-order valence-electron chi connectivity index (χ3n) is 3.34. The van der Waals surface area contributed by atoms with Crippen molar-refractivity contribution in [3.63, 3.8) is 0 Å². The minimum atomic E-state index is -0.319. The molecule has 1 N–H and O–H groups in total. The number of hydrogen-bond donors (Lipinski definition) is 1. The van der Waals surface area contributed by atoms with E-state index in [1.807, 2.05) is 28.3 Å². The zero-order chi connectivity index (χ0) is 13.9. The predicted molar refractivity (Wildman–Crippen MR) is 77.5 cm³/mol. The Morgan fingerprint density at radius 1 is 1.65 bits per heavy atom. The largest absolute Gasteiger partial charge is 0.468 e. The summed E-state index contributed by atoms with van der Waals surface area (Å²) in [6, 6.07) is 4.16. The van der Waals surface area contributed by atoms with E-state index < -0.39 is 0 Å². The number of thiophene rings is 1. The summed E-state index contributed by atoms with van der Waals surface area (Å²) in [5.74, 6) is 0.675. The van der Waals surface area contributed by atoms with Crippen LogP contribution >= 0.6 is 11.3 Å². The number of aromatic nitrogens is 2. The Bertz CT molecular complexity index is 575. The van der Waals surface area contributed by atoms with E-state index in [1.54, 1.807) is 17.5 Å². The molecule has 1 saturated carbocycles. The lowest BCUT2D eigenvalue weighted by Crippen LogP contribution is -2.42. The Kier molecular flexibility index (Phi) is 3.84. The highest BCUT2D eigenvalue weighted by molar-refractivity contribution is 7.13. The highest BCUT2D eigenvalue weighted by atomic mass is 32.1. The predicted octanol–water partition coefficient (Wildman–Crippen LogP) is 1.91. The van der Waals surface area contributed by atoms with Crippen LogP contribution in [0.1, 0.15) is 12.8 Å². The summed E-state index contributed by atoms with van der Waals surface area (Å²) in [5, 5.41) is 5.36. The molecule has 1 atom stereocenters. The van der Waals surface area contributed by atoms with Crippen LogP contribution < -0.4 is 5.32 Å². The molecular weight excluding hydrogens is 274 g/mol. The van der Waals surface area contributed by atoms with Crippen molar-refractivity contribution in [2.24, 2.45) is 0 Å². The molecule has 0 aromatic carbocycles. The molecule has 3 rings (SSSR count). The van der Waals surface area contributed by atoms with Gasteiger partial charge in [0.1, 0.15) is 11.9 Å². The van der Waals surface area contributed by atoms with E-state index in [-0.39, 0.29) is 12.0 Å². The third-order valence-corrected chi connectivity index (χ3v) is 4.20. The molecule has 0 radical (unpaired) electrons. The molecule has 0 amide bonds. The first-order chi connectivity index (χ1) is 9.78. The number of carbonyl (C=O) groups is 1. The van der Waals surface area contributed by atoms with Crippen molar-refractivity contribution < 1.29 is 9.53 Å². The number of carbonyl (C=O) groups excluding carboxylic acids is 1. The lowest BCUT2D eigenvalue weighted by molar-refractivity contribution is -0.143. The van der Waals surface area contributed by atoms with Crippen molar-refractivity contribution in [3.8, 4) is 10.7 Å². The van der Waals surface area contributed by atoms with E-state index in [2.05, 4.69) is 10.3 Å². The van der Waals surface area contributed by atoms with Gasteiger partial charge in [0.2, 0.25) is 0 Å². The zero-order valence-corrected chi connectivity index (χ0v) is 12.1. The molecule has 1 aliphatic carbocycles. The number of hydrogen-bond acceptors (Lipinski definition) is 5. The lowest BCUT2D eigenvalue weighted by Gasteiger charge is -2.17. The Morgan fingerprint density at radius 2 is 2.50 bits per heavy atom. The van der Waals surface area contributed by atoms with E-state index in [1.165, 1.54) is 7.11 Å². The molecule has 0 aliphatic heterocycles. The summed E-state index contributed by atoms with van der Waals surface area (Å²) in [4.78, 5) is 17.4. The fraction of sp³-hybridized carbons (Fsp3) is 0.429. The monoisotopic (exact) mass is 291 g/mol. The Morgan fingerprint density at radius 3 is 3.15 bits per heavy atom. The molecule has 1 fully saturated rings. The molecule has 2 heterocycles. The van der Waals surface area contributed by atoms with E-state index in [9.17, 15) is 4.79 Å². The number of esters is 1. The number of methoxy groups -OCH3 is 1. The zero-order valence-electron chi connectivity index (χ0n) is 11.3. The highest BCUT2D eigenvalue weighted by Gasteiger charge is 2.29. The van der Waals surface area contributed by atoms with E-state index in [0.29, 0.717) is 12.6 Å². The summed E-state index contributed by atoms with van der Waals surface area (Å²) >= 11 is 1.64. The molecule has 5 nitrogen and oxygen atoms in total. The smallest absolute Gasteiger partial charge is 0.324 e. The van der Waals surface area contributed by atoms with Gasteiger partial charge in [-0.1, -0.05) is 6.07 Å². The topological polar surface area (TPSA) is 56.2 Å². The molecule has 0 spiro atoms. The quantitative estimate of drug-likeness (QED) is 0.826. The number of rotatable bonds is 6. The van der Waals surface area contributed by atoms with Gasteiger partial charge in [-0.25, -0.2) is 4.98 Å². The van der Waals surface area contributed by atoms with Gasteiger partial charge in [0, 0.05) is 18.4 Å². The maximum Gasteiger partial charge on any atom is 0.324 e. The maximum absolute atomic E-state index is 11.9. The molecule has 0 saturated heterocycles. The van der Waals surface area contributed by atoms with Crippen LogP contribution in [0.15, 0.2) is 29.9 Å². The molecule has 6 heteroatoms. The molecule has 2 aromatic heterocycles. The van der Waals surface area contributed by atoms with Crippen molar-refractivity contribution >= 4 is 17.3 Å². The molecule has 20 heavy (non-hydrogen) atoms. The van der Waals surface area contributed by atoms with Crippen LogP contribution in [0.3, 0.4) is 0 Å². The van der Waals surface area contributed by atoms with Gasteiger partial charge in [0.05, 0.1) is 18.5 Å². The molecular formula is C14H17N3O2S. The second-order valence-corrected chi connectivity index (χ2v) is 5.84. The molecule has 106 valence electrons. The molecule has 1 aliphatic rings. The van der Waals surface area contributed by atoms with Crippen molar-refractivity contribution in [2.75, 3.05) is 7.11 Å². The molecule has 2 aromatic rings. The Hall–Kier alpha value is -1.66. The maximum atomic E-state index is 11.9. The van der Waals surface area contributed by atoms with Crippen LogP contribution in [0.25, 0.3) is 10.7 Å². The summed E-state index contributed by atoms with van der Waals surface area (Å²) in [6.45, 7) is 0.538. The van der Waals surface area contributed by atoms with Crippen LogP contribution in [0, 0.1) is 0 Å². The average Bonchev–Trinajstić information content (AvgIpc) is 2.94. The third kappa shape index (κ3) is 2.91. The van der Waals surface area contributed by atoms with Gasteiger partial charge in [-0.3, -0.25) is 4.79 Å². The second-order valence-electron chi connectivity index (χ2n) is 4.90. The minimum Gasteiger partial charge on any atom is -0.468 e. The standard InChI is InChI=1S/C14H17N3O2S/c1-19-14(18)11(16-10-4-5-10)9-17-7-6-15-13(17)12-3-2-8-20-12/h2-3,6-8,10-11,16H,4-5,9H2,1H3. The summed E-state index contributed by atoms with van der Waals surface area (Å²) in [6.07, 6.45) is 5.94. The van der Waals surface area contributed by atoms with Crippen molar-refractivity contribution in [1.82, 2.24) is 14.9 Å². The minimum absolute atomic E-state index is 0.220. The van der Waals surface area contributed by atoms with Crippen LogP contribution in [0.4, 0.5) is 0 Å². The Labute approximate surface area is 121 Å². The van der Waals surface area contributed by atoms with E-state index in [0.717, 1.165) is 23.5 Å². The number of nitrogens with zero attached hydrogens (tertiary/aromatic N) is 2. The summed E-state index contributed by atoms with van der Waals surface area (Å²) in [5.41, 5.74) is 0. The SMILES string of the molecule is COC(=O)C(Cn1ccnc1-c1cccs1)NC1CC1. The van der Waals surface area contributed by atoms with Crippen LogP contribution in [-0.4, -0.2) is 34.7 Å². The first-order valence-corrected chi connectivity index (χ1v) is 7.55. The lowest BCUT2D eigenvalue weighted by atomic mass is 10.2. The highest BCUT2D eigenvalue weighted by Crippen LogP contribution is 2.24. The van der Waals surface area contributed by atoms with Gasteiger partial charge in [0.25, 0.3) is 0 Å². The first kappa shape index (κ1) is 13.3. The van der Waals surface area contributed by atoms with Gasteiger partial charge >= 0.3 is 5.97 Å².